The molecule has 0 saturated carbocycles. The van der Waals surface area contributed by atoms with Gasteiger partial charge in [0.15, 0.2) is 0 Å². The summed E-state index contributed by atoms with van der Waals surface area (Å²) in [6, 6.07) is 13.3. The van der Waals surface area contributed by atoms with Gasteiger partial charge in [0.2, 0.25) is 0 Å². The van der Waals surface area contributed by atoms with E-state index >= 15 is 0 Å². The van der Waals surface area contributed by atoms with Gasteiger partial charge in [-0.3, -0.25) is 0 Å². The van der Waals surface area contributed by atoms with Crippen LogP contribution in [0.15, 0.2) is 36.4 Å². The summed E-state index contributed by atoms with van der Waals surface area (Å²) in [5.41, 5.74) is 12.0. The van der Waals surface area contributed by atoms with E-state index in [1.165, 1.54) is 44.5 Å². The summed E-state index contributed by atoms with van der Waals surface area (Å²) in [6.45, 7) is 25.4. The van der Waals surface area contributed by atoms with Crippen molar-refractivity contribution in [3.63, 3.8) is 0 Å². The largest absolute Gasteiger partial charge is 0.483 e. The van der Waals surface area contributed by atoms with Gasteiger partial charge in [0.1, 0.15) is 11.4 Å². The molecule has 0 spiro atoms. The van der Waals surface area contributed by atoms with Gasteiger partial charge in [-0.15, -0.1) is 0 Å². The molecule has 0 aromatic heterocycles. The molecule has 0 bridgehead atoms. The van der Waals surface area contributed by atoms with E-state index in [1.54, 1.807) is 0 Å². The Morgan fingerprint density at radius 1 is 0.600 bits per heavy atom. The van der Waals surface area contributed by atoms with Gasteiger partial charge in [0.05, 0.1) is 5.60 Å². The lowest BCUT2D eigenvalue weighted by Gasteiger charge is -2.32. The molecule has 0 heterocycles. The van der Waals surface area contributed by atoms with Crippen molar-refractivity contribution in [2.45, 2.75) is 100 Å². The van der Waals surface area contributed by atoms with E-state index in [9.17, 15) is 5.11 Å². The standard InChI is InChI=1S/C33H44O2/c1-19(2)29-20(3)13-26(14-21(29)4)27-15-22(5)31(23(6)16-27)33(11,12)35-28-17-24(7)30(25(8)18-28)32(9,10)34/h13-19,34H,1-12H3. The summed E-state index contributed by atoms with van der Waals surface area (Å²) in [4.78, 5) is 0. The van der Waals surface area contributed by atoms with Crippen LogP contribution in [0.25, 0.3) is 11.1 Å². The van der Waals surface area contributed by atoms with E-state index < -0.39 is 11.2 Å². The second kappa shape index (κ2) is 9.47. The average Bonchev–Trinajstić information content (AvgIpc) is 2.63. The van der Waals surface area contributed by atoms with E-state index in [1.807, 2.05) is 39.8 Å². The van der Waals surface area contributed by atoms with Crippen LogP contribution < -0.4 is 4.74 Å². The van der Waals surface area contributed by atoms with Gasteiger partial charge in [0.25, 0.3) is 0 Å². The van der Waals surface area contributed by atoms with Crippen LogP contribution in [-0.4, -0.2) is 5.11 Å². The molecule has 0 aliphatic rings. The van der Waals surface area contributed by atoms with E-state index in [2.05, 4.69) is 79.7 Å². The number of benzene rings is 3. The molecule has 0 saturated heterocycles. The van der Waals surface area contributed by atoms with Gasteiger partial charge >= 0.3 is 0 Å². The molecule has 3 aromatic carbocycles. The van der Waals surface area contributed by atoms with Crippen molar-refractivity contribution in [3.8, 4) is 16.9 Å². The Hall–Kier alpha value is -2.58. The third-order valence-corrected chi connectivity index (χ3v) is 7.13. The number of rotatable bonds is 6. The zero-order chi connectivity index (χ0) is 26.5. The van der Waals surface area contributed by atoms with Crippen molar-refractivity contribution < 1.29 is 9.84 Å². The lowest BCUT2D eigenvalue weighted by atomic mass is 9.85. The molecular weight excluding hydrogens is 428 g/mol. The molecule has 0 aliphatic heterocycles. The van der Waals surface area contributed by atoms with Gasteiger partial charge < -0.3 is 9.84 Å². The quantitative estimate of drug-likeness (QED) is 0.388. The maximum absolute atomic E-state index is 10.6. The van der Waals surface area contributed by atoms with Gasteiger partial charge in [-0.05, 0) is 143 Å². The molecule has 188 valence electrons. The number of aryl methyl sites for hydroxylation is 6. The Labute approximate surface area is 213 Å². The molecule has 0 amide bonds. The minimum absolute atomic E-state index is 0.505. The van der Waals surface area contributed by atoms with Gasteiger partial charge in [-0.25, -0.2) is 0 Å². The van der Waals surface area contributed by atoms with Crippen LogP contribution in [0.5, 0.6) is 5.75 Å². The van der Waals surface area contributed by atoms with Crippen molar-refractivity contribution in [1.82, 2.24) is 0 Å². The van der Waals surface area contributed by atoms with E-state index in [0.717, 1.165) is 22.4 Å². The number of ether oxygens (including phenoxy) is 1. The van der Waals surface area contributed by atoms with Crippen molar-refractivity contribution in [1.29, 1.82) is 0 Å². The van der Waals surface area contributed by atoms with Gasteiger partial charge in [0, 0.05) is 5.56 Å². The summed E-state index contributed by atoms with van der Waals surface area (Å²) < 4.78 is 6.62. The fourth-order valence-corrected chi connectivity index (χ4v) is 6.43. The Morgan fingerprint density at radius 2 is 0.971 bits per heavy atom. The Bertz CT molecular complexity index is 1180. The van der Waals surface area contributed by atoms with E-state index in [0.29, 0.717) is 5.92 Å². The maximum atomic E-state index is 10.6. The first-order chi connectivity index (χ1) is 16.0. The number of aliphatic hydroxyl groups is 1. The average molecular weight is 473 g/mol. The Morgan fingerprint density at radius 3 is 1.34 bits per heavy atom. The molecule has 35 heavy (non-hydrogen) atoms. The lowest BCUT2D eigenvalue weighted by Crippen LogP contribution is -2.28. The molecule has 3 rings (SSSR count). The van der Waals surface area contributed by atoms with Crippen LogP contribution in [-0.2, 0) is 11.2 Å². The van der Waals surface area contributed by atoms with Gasteiger partial charge in [-0.2, -0.15) is 0 Å². The normalized spacial score (nSPS) is 12.4. The third-order valence-electron chi connectivity index (χ3n) is 7.13. The van der Waals surface area contributed by atoms with E-state index in [-0.39, 0.29) is 0 Å². The first kappa shape index (κ1) is 27.0. The minimum Gasteiger partial charge on any atom is -0.483 e. The molecular formula is C33H44O2. The molecule has 3 aromatic rings. The van der Waals surface area contributed by atoms with Crippen LogP contribution >= 0.6 is 0 Å². The molecule has 0 fully saturated rings. The Kier molecular flexibility index (Phi) is 7.31. The SMILES string of the molecule is Cc1cc(-c2cc(C)c(C(C)(C)Oc3cc(C)c(C(C)(C)O)c(C)c3)c(C)c2)cc(C)c1C(C)C. The predicted octanol–water partition coefficient (Wildman–Crippen LogP) is 8.87. The van der Waals surface area contributed by atoms with Crippen LogP contribution in [0.2, 0.25) is 0 Å². The van der Waals surface area contributed by atoms with Crippen molar-refractivity contribution in [2.24, 2.45) is 0 Å². The van der Waals surface area contributed by atoms with Crippen LogP contribution in [0, 0.1) is 41.5 Å². The fourth-order valence-electron chi connectivity index (χ4n) is 6.43. The fraction of sp³-hybridized carbons (Fsp3) is 0.455. The highest BCUT2D eigenvalue weighted by atomic mass is 16.5. The molecule has 2 heteroatoms. The van der Waals surface area contributed by atoms with E-state index in [4.69, 9.17) is 4.74 Å². The van der Waals surface area contributed by atoms with Crippen molar-refractivity contribution in [3.05, 3.63) is 86.5 Å². The second-order valence-electron chi connectivity index (χ2n) is 11.8. The molecule has 0 atom stereocenters. The highest BCUT2D eigenvalue weighted by molar-refractivity contribution is 5.69. The van der Waals surface area contributed by atoms with Crippen LogP contribution in [0.4, 0.5) is 0 Å². The van der Waals surface area contributed by atoms with Gasteiger partial charge in [-0.1, -0.05) is 38.1 Å². The Balaban J connectivity index is 2.01. The maximum Gasteiger partial charge on any atom is 0.129 e. The topological polar surface area (TPSA) is 29.5 Å². The first-order valence-electron chi connectivity index (χ1n) is 12.8. The third kappa shape index (κ3) is 5.48. The zero-order valence-corrected chi connectivity index (χ0v) is 23.9. The van der Waals surface area contributed by atoms with Crippen molar-refractivity contribution >= 4 is 0 Å². The smallest absolute Gasteiger partial charge is 0.129 e. The first-order valence-corrected chi connectivity index (χ1v) is 12.8. The molecule has 0 unspecified atom stereocenters. The summed E-state index contributed by atoms with van der Waals surface area (Å²) in [5.74, 6) is 1.36. The number of hydrogen-bond donors (Lipinski definition) is 1. The minimum atomic E-state index is -0.880. The number of hydrogen-bond acceptors (Lipinski definition) is 2. The zero-order valence-electron chi connectivity index (χ0n) is 23.9. The highest BCUT2D eigenvalue weighted by Crippen LogP contribution is 2.38. The summed E-state index contributed by atoms with van der Waals surface area (Å²) in [7, 11) is 0. The monoisotopic (exact) mass is 472 g/mol. The van der Waals surface area contributed by atoms with Crippen LogP contribution in [0.1, 0.15) is 97.5 Å². The summed E-state index contributed by atoms with van der Waals surface area (Å²) >= 11 is 0. The van der Waals surface area contributed by atoms with Crippen LogP contribution in [0.3, 0.4) is 0 Å². The molecule has 1 N–H and O–H groups in total. The second-order valence-corrected chi connectivity index (χ2v) is 11.8. The highest BCUT2D eigenvalue weighted by Gasteiger charge is 2.29. The van der Waals surface area contributed by atoms with Crippen molar-refractivity contribution in [2.75, 3.05) is 0 Å². The molecule has 0 radical (unpaired) electrons. The summed E-state index contributed by atoms with van der Waals surface area (Å²) in [5, 5.41) is 10.6. The molecule has 0 aliphatic carbocycles. The molecule has 2 nitrogen and oxygen atoms in total. The lowest BCUT2D eigenvalue weighted by molar-refractivity contribution is 0.0767. The summed E-state index contributed by atoms with van der Waals surface area (Å²) in [6.07, 6.45) is 0. The predicted molar refractivity (Wildman–Crippen MR) is 150 cm³/mol.